The van der Waals surface area contributed by atoms with Crippen LogP contribution in [0, 0.1) is 17.3 Å². The van der Waals surface area contributed by atoms with Crippen LogP contribution in [0.4, 0.5) is 13.2 Å². The largest absolute Gasteiger partial charge is 0.459 e. The molecular weight excluding hydrogens is 373 g/mol. The zero-order valence-electron chi connectivity index (χ0n) is 15.8. The second-order valence-electron chi connectivity index (χ2n) is 8.84. The average molecular weight is 402 g/mol. The Morgan fingerprint density at radius 2 is 1.81 bits per heavy atom. The van der Waals surface area contributed by atoms with E-state index in [1.165, 1.54) is 27.7 Å². The minimum Gasteiger partial charge on any atom is -0.459 e. The fourth-order valence-corrected chi connectivity index (χ4v) is 7.27. The third kappa shape index (κ3) is 3.20. The Bertz CT molecular complexity index is 648. The van der Waals surface area contributed by atoms with Gasteiger partial charge in [-0.15, -0.1) is 0 Å². The van der Waals surface area contributed by atoms with E-state index in [9.17, 15) is 31.3 Å². The first-order valence-corrected chi connectivity index (χ1v) is 10.9. The summed E-state index contributed by atoms with van der Waals surface area (Å²) in [6.45, 7) is 7.56. The molecule has 0 aromatic carbocycles. The van der Waals surface area contributed by atoms with Crippen LogP contribution < -0.4 is 0 Å². The smallest absolute Gasteiger partial charge is 0.405 e. The molecule has 9 heteroatoms. The van der Waals surface area contributed by atoms with Gasteiger partial charge in [0.25, 0.3) is 0 Å². The maximum absolute atomic E-state index is 13.9. The second kappa shape index (κ2) is 5.91. The van der Waals surface area contributed by atoms with Crippen LogP contribution in [0.5, 0.6) is 0 Å². The molecule has 5 nitrogen and oxygen atoms in total. The van der Waals surface area contributed by atoms with Gasteiger partial charge in [-0.05, 0) is 65.2 Å². The maximum Gasteiger partial charge on any atom is 0.405 e. The molecule has 2 aliphatic carbocycles. The molecule has 2 N–H and O–H groups in total. The van der Waals surface area contributed by atoms with Gasteiger partial charge in [0.05, 0.1) is 20.1 Å². The van der Waals surface area contributed by atoms with E-state index in [0.29, 0.717) is 0 Å². The summed E-state index contributed by atoms with van der Waals surface area (Å²) in [5.74, 6) is -3.34. The molecule has 2 bridgehead atoms. The molecule has 26 heavy (non-hydrogen) atoms. The zero-order valence-corrected chi connectivity index (χ0v) is 16.6. The Kier molecular flexibility index (Phi) is 4.92. The molecule has 2 rings (SSSR count). The molecule has 0 aliphatic heterocycles. The van der Waals surface area contributed by atoms with Crippen molar-refractivity contribution in [1.29, 1.82) is 0 Å². The van der Waals surface area contributed by atoms with Crippen molar-refractivity contribution in [2.24, 2.45) is 17.3 Å². The number of hydrogen-bond donors (Lipinski definition) is 2. The van der Waals surface area contributed by atoms with Gasteiger partial charge in [-0.1, -0.05) is 6.92 Å². The summed E-state index contributed by atoms with van der Waals surface area (Å²) in [6, 6.07) is 0. The number of ether oxygens (including phenoxy) is 1. The molecule has 0 amide bonds. The van der Waals surface area contributed by atoms with Crippen LogP contribution in [0.2, 0.25) is 0 Å². The first-order chi connectivity index (χ1) is 11.4. The lowest BCUT2D eigenvalue weighted by Crippen LogP contribution is -2.58. The number of halogens is 3. The van der Waals surface area contributed by atoms with E-state index in [1.807, 2.05) is 0 Å². The van der Waals surface area contributed by atoms with Gasteiger partial charge in [-0.3, -0.25) is 4.79 Å². The van der Waals surface area contributed by atoms with Crippen molar-refractivity contribution in [3.05, 3.63) is 0 Å². The van der Waals surface area contributed by atoms with Gasteiger partial charge < -0.3 is 13.8 Å². The molecule has 154 valence electrons. The molecule has 0 radical (unpaired) electrons. The van der Waals surface area contributed by atoms with Gasteiger partial charge in [-0.25, -0.2) is 4.21 Å². The third-order valence-corrected chi connectivity index (χ3v) is 9.64. The van der Waals surface area contributed by atoms with Crippen LogP contribution in [0.15, 0.2) is 0 Å². The van der Waals surface area contributed by atoms with E-state index in [1.54, 1.807) is 6.92 Å². The molecule has 5 atom stereocenters. The predicted molar refractivity (Wildman–Crippen MR) is 92.1 cm³/mol. The lowest BCUT2D eigenvalue weighted by atomic mass is 9.72. The zero-order chi connectivity index (χ0) is 20.4. The molecule has 5 unspecified atom stereocenters. The normalized spacial score (nSPS) is 35.0. The number of carbonyl (C=O) groups is 1. The second-order valence-corrected chi connectivity index (χ2v) is 12.2. The summed E-state index contributed by atoms with van der Waals surface area (Å²) in [6.07, 6.45) is -5.55. The standard InChI is InChI=1S/C17H29F3O5S/c1-6-10(2)26(22,23,24)13-8-12-7-11(13)9-16(12,17(18,19)20)14(21)25-15(3,4)5/h10-13H,6-9H2,1-5H3,(H2,22,23,24). The number of alkyl halides is 3. The van der Waals surface area contributed by atoms with Crippen molar-refractivity contribution in [3.63, 3.8) is 0 Å². The van der Waals surface area contributed by atoms with E-state index < -0.39 is 61.5 Å². The molecule has 0 aromatic rings. The molecule has 2 aliphatic rings. The predicted octanol–water partition coefficient (Wildman–Crippen LogP) is 4.24. The van der Waals surface area contributed by atoms with Crippen molar-refractivity contribution in [2.45, 2.75) is 82.6 Å². The van der Waals surface area contributed by atoms with E-state index in [0.717, 1.165) is 0 Å². The summed E-state index contributed by atoms with van der Waals surface area (Å²) < 4.78 is 80.8. The van der Waals surface area contributed by atoms with Gasteiger partial charge in [0, 0.05) is 0 Å². The Morgan fingerprint density at radius 1 is 1.27 bits per heavy atom. The quantitative estimate of drug-likeness (QED) is 0.687. The Hall–Kier alpha value is -0.670. The van der Waals surface area contributed by atoms with E-state index in [-0.39, 0.29) is 19.3 Å². The van der Waals surface area contributed by atoms with E-state index >= 15 is 0 Å². The fourth-order valence-electron chi connectivity index (χ4n) is 4.52. The Morgan fingerprint density at radius 3 is 2.15 bits per heavy atom. The lowest BCUT2D eigenvalue weighted by Gasteiger charge is -2.48. The molecule has 0 saturated heterocycles. The highest BCUT2D eigenvalue weighted by Gasteiger charge is 2.74. The summed E-state index contributed by atoms with van der Waals surface area (Å²) in [5, 5.41) is -2.09. The molecule has 2 fully saturated rings. The number of rotatable bonds is 4. The molecule has 2 saturated carbocycles. The SMILES string of the molecule is CCC(C)S(=O)(O)(O)C1CC2CC1CC2(C(=O)OC(C)(C)C)C(F)(F)F. The fraction of sp³-hybridized carbons (Fsp3) is 0.941. The first kappa shape index (κ1) is 21.6. The Labute approximate surface area is 152 Å². The maximum atomic E-state index is 13.9. The van der Waals surface area contributed by atoms with Crippen molar-refractivity contribution < 1.29 is 36.0 Å². The van der Waals surface area contributed by atoms with Crippen LogP contribution in [-0.4, -0.2) is 41.6 Å². The highest BCUT2D eigenvalue weighted by molar-refractivity contribution is 8.11. The van der Waals surface area contributed by atoms with Crippen molar-refractivity contribution in [2.75, 3.05) is 0 Å². The molecule has 0 heterocycles. The highest BCUT2D eigenvalue weighted by atomic mass is 32.3. The number of hydrogen-bond acceptors (Lipinski definition) is 3. The van der Waals surface area contributed by atoms with Crippen LogP contribution in [0.3, 0.4) is 0 Å². The van der Waals surface area contributed by atoms with E-state index in [4.69, 9.17) is 4.74 Å². The van der Waals surface area contributed by atoms with Crippen LogP contribution >= 0.6 is 0 Å². The van der Waals surface area contributed by atoms with Gasteiger partial charge in [0.2, 0.25) is 0 Å². The van der Waals surface area contributed by atoms with Crippen molar-refractivity contribution in [1.82, 2.24) is 0 Å². The first-order valence-electron chi connectivity index (χ1n) is 8.89. The van der Waals surface area contributed by atoms with Crippen LogP contribution in [0.1, 0.15) is 60.3 Å². The van der Waals surface area contributed by atoms with Crippen molar-refractivity contribution >= 4 is 15.6 Å². The van der Waals surface area contributed by atoms with Crippen LogP contribution in [0.25, 0.3) is 0 Å². The monoisotopic (exact) mass is 402 g/mol. The number of fused-ring (bicyclic) bond motifs is 2. The molecule has 0 spiro atoms. The van der Waals surface area contributed by atoms with Gasteiger partial charge in [-0.2, -0.15) is 13.2 Å². The van der Waals surface area contributed by atoms with Gasteiger partial charge in [0.15, 0.2) is 5.41 Å². The highest BCUT2D eigenvalue weighted by Crippen LogP contribution is 2.66. The minimum absolute atomic E-state index is 0.0183. The van der Waals surface area contributed by atoms with E-state index in [2.05, 4.69) is 0 Å². The average Bonchev–Trinajstić information content (AvgIpc) is 3.02. The summed E-state index contributed by atoms with van der Waals surface area (Å²) >= 11 is 0. The van der Waals surface area contributed by atoms with Crippen LogP contribution in [-0.2, 0) is 19.2 Å². The number of carbonyl (C=O) groups excluding carboxylic acids is 1. The summed E-state index contributed by atoms with van der Waals surface area (Å²) in [5.41, 5.74) is -3.75. The summed E-state index contributed by atoms with van der Waals surface area (Å²) in [4.78, 5) is 12.5. The number of esters is 1. The Balaban J connectivity index is 2.39. The van der Waals surface area contributed by atoms with Gasteiger partial charge in [0.1, 0.15) is 5.60 Å². The van der Waals surface area contributed by atoms with Gasteiger partial charge >= 0.3 is 12.1 Å². The molecule has 0 aromatic heterocycles. The topological polar surface area (TPSA) is 83.8 Å². The minimum atomic E-state index is -5.10. The third-order valence-electron chi connectivity index (χ3n) is 6.08. The lowest BCUT2D eigenvalue weighted by molar-refractivity contribution is -0.252. The summed E-state index contributed by atoms with van der Waals surface area (Å²) in [7, 11) is -5.10. The van der Waals surface area contributed by atoms with Crippen molar-refractivity contribution in [3.8, 4) is 0 Å². The molecular formula is C17H29F3O5S.